The molecule has 0 unspecified atom stereocenters. The average Bonchev–Trinajstić information content (AvgIpc) is 3.02. The van der Waals surface area contributed by atoms with E-state index in [2.05, 4.69) is 11.4 Å². The molecule has 8 heteroatoms. The Bertz CT molecular complexity index is 1260. The minimum Gasteiger partial charge on any atom is -0.497 e. The van der Waals surface area contributed by atoms with Gasteiger partial charge in [-0.1, -0.05) is 18.2 Å². The van der Waals surface area contributed by atoms with Crippen molar-refractivity contribution in [2.75, 3.05) is 39.2 Å². The maximum Gasteiger partial charge on any atom is 0.325 e. The topological polar surface area (TPSA) is 74.4 Å². The number of nitrogens with one attached hydrogen (secondary N) is 1. The van der Waals surface area contributed by atoms with Gasteiger partial charge in [0.25, 0.3) is 0 Å². The number of piperidine rings is 1. The maximum atomic E-state index is 13.7. The summed E-state index contributed by atoms with van der Waals surface area (Å²) >= 11 is 0. The zero-order chi connectivity index (χ0) is 26.3. The van der Waals surface area contributed by atoms with Gasteiger partial charge in [-0.05, 0) is 68.9 Å². The molecule has 3 heterocycles. The van der Waals surface area contributed by atoms with Crippen molar-refractivity contribution in [3.05, 3.63) is 64.4 Å². The second kappa shape index (κ2) is 9.65. The molecule has 0 radical (unpaired) electrons. The quantitative estimate of drug-likeness (QED) is 0.630. The zero-order valence-corrected chi connectivity index (χ0v) is 22.4. The molecule has 8 nitrogen and oxygen atoms in total. The number of aryl methyl sites for hydroxylation is 2. The fraction of sp³-hybridized carbons (Fsp3) is 0.448. The monoisotopic (exact) mass is 504 g/mol. The number of carbonyl (C=O) groups excluding carboxylic acids is 2. The highest BCUT2D eigenvalue weighted by Gasteiger charge is 2.54. The summed E-state index contributed by atoms with van der Waals surface area (Å²) < 4.78 is 11.2. The Balaban J connectivity index is 1.39. The predicted octanol–water partition coefficient (Wildman–Crippen LogP) is 5.08. The second-order valence-corrected chi connectivity index (χ2v) is 10.1. The first kappa shape index (κ1) is 25.0. The van der Waals surface area contributed by atoms with E-state index in [1.165, 1.54) is 0 Å². The Labute approximate surface area is 218 Å². The van der Waals surface area contributed by atoms with Crippen LogP contribution < -0.4 is 14.8 Å². The number of likely N-dealkylation sites (tertiary alicyclic amines) is 1. The smallest absolute Gasteiger partial charge is 0.325 e. The van der Waals surface area contributed by atoms with Gasteiger partial charge < -0.3 is 24.6 Å². The van der Waals surface area contributed by atoms with Crippen LogP contribution in [0.5, 0.6) is 11.5 Å². The fourth-order valence-corrected chi connectivity index (χ4v) is 6.10. The first-order chi connectivity index (χ1) is 17.8. The summed E-state index contributed by atoms with van der Waals surface area (Å²) in [5.41, 5.74) is 5.74. The summed E-state index contributed by atoms with van der Waals surface area (Å²) in [6.07, 6.45) is 4.27. The van der Waals surface area contributed by atoms with Gasteiger partial charge in [0, 0.05) is 42.6 Å². The van der Waals surface area contributed by atoms with E-state index in [0.717, 1.165) is 45.1 Å². The number of urea groups is 2. The molecule has 0 aromatic heterocycles. The van der Waals surface area contributed by atoms with Crippen molar-refractivity contribution in [2.24, 2.45) is 0 Å². The van der Waals surface area contributed by atoms with E-state index in [1.807, 2.05) is 65.8 Å². The van der Waals surface area contributed by atoms with Gasteiger partial charge in [-0.2, -0.15) is 0 Å². The molecule has 0 atom stereocenters. The van der Waals surface area contributed by atoms with Crippen molar-refractivity contribution in [2.45, 2.75) is 52.1 Å². The SMILES string of the molecule is CCN1C(=O)N2Cc3cc(OC)cc(OC)c3CC=C2C12CCN(C(=O)Nc1cc(C)ccc1C)CC2. The number of allylic oxidation sites excluding steroid dienone is 1. The number of fused-ring (bicyclic) bond motifs is 3. The van der Waals surface area contributed by atoms with E-state index in [0.29, 0.717) is 45.4 Å². The van der Waals surface area contributed by atoms with Crippen LogP contribution in [0.4, 0.5) is 15.3 Å². The van der Waals surface area contributed by atoms with Crippen molar-refractivity contribution in [3.63, 3.8) is 0 Å². The molecule has 0 bridgehead atoms. The van der Waals surface area contributed by atoms with Crippen LogP contribution in [0, 0.1) is 13.8 Å². The molecule has 2 saturated heterocycles. The number of hydrogen-bond donors (Lipinski definition) is 1. The Morgan fingerprint density at radius 1 is 1.08 bits per heavy atom. The minimum atomic E-state index is -0.415. The van der Waals surface area contributed by atoms with Crippen LogP contribution in [0.25, 0.3) is 0 Å². The number of nitrogens with zero attached hydrogens (tertiary/aromatic N) is 3. The van der Waals surface area contributed by atoms with Crippen LogP contribution in [0.2, 0.25) is 0 Å². The van der Waals surface area contributed by atoms with E-state index in [-0.39, 0.29) is 12.1 Å². The van der Waals surface area contributed by atoms with E-state index in [1.54, 1.807) is 14.2 Å². The number of anilines is 1. The number of likely N-dealkylation sites (N-methyl/N-ethyl adjacent to an activating group) is 1. The molecule has 37 heavy (non-hydrogen) atoms. The number of carbonyl (C=O) groups is 2. The zero-order valence-electron chi connectivity index (χ0n) is 22.4. The largest absolute Gasteiger partial charge is 0.497 e. The highest BCUT2D eigenvalue weighted by molar-refractivity contribution is 5.90. The Hall–Kier alpha value is -3.68. The van der Waals surface area contributed by atoms with Gasteiger partial charge in [-0.3, -0.25) is 4.90 Å². The lowest BCUT2D eigenvalue weighted by molar-refractivity contribution is 0.106. The number of methoxy groups -OCH3 is 2. The number of benzene rings is 2. The third-order valence-corrected chi connectivity index (χ3v) is 8.13. The van der Waals surface area contributed by atoms with Gasteiger partial charge in [0.1, 0.15) is 11.5 Å². The van der Waals surface area contributed by atoms with Crippen molar-refractivity contribution < 1.29 is 19.1 Å². The van der Waals surface area contributed by atoms with Gasteiger partial charge in [0.2, 0.25) is 0 Å². The average molecular weight is 505 g/mol. The third kappa shape index (κ3) is 4.18. The van der Waals surface area contributed by atoms with Gasteiger partial charge in [-0.25, -0.2) is 9.59 Å². The van der Waals surface area contributed by atoms with Crippen LogP contribution in [-0.4, -0.2) is 66.2 Å². The van der Waals surface area contributed by atoms with E-state index in [4.69, 9.17) is 9.47 Å². The molecule has 196 valence electrons. The maximum absolute atomic E-state index is 13.7. The third-order valence-electron chi connectivity index (χ3n) is 8.13. The highest BCUT2D eigenvalue weighted by Crippen LogP contribution is 2.46. The summed E-state index contributed by atoms with van der Waals surface area (Å²) in [6.45, 7) is 8.31. The molecular formula is C29H36N4O4. The van der Waals surface area contributed by atoms with E-state index in [9.17, 15) is 9.59 Å². The lowest BCUT2D eigenvalue weighted by Gasteiger charge is -2.44. The summed E-state index contributed by atoms with van der Waals surface area (Å²) in [6, 6.07) is 9.91. The van der Waals surface area contributed by atoms with Crippen molar-refractivity contribution in [1.82, 2.24) is 14.7 Å². The Morgan fingerprint density at radius 2 is 1.84 bits per heavy atom. The molecule has 2 aromatic carbocycles. The second-order valence-electron chi connectivity index (χ2n) is 10.1. The van der Waals surface area contributed by atoms with Crippen molar-refractivity contribution >= 4 is 17.7 Å². The van der Waals surface area contributed by atoms with Crippen LogP contribution in [0.3, 0.4) is 0 Å². The molecule has 3 aliphatic heterocycles. The number of hydrogen-bond acceptors (Lipinski definition) is 4. The van der Waals surface area contributed by atoms with Crippen LogP contribution in [-0.2, 0) is 13.0 Å². The first-order valence-corrected chi connectivity index (χ1v) is 13.0. The van der Waals surface area contributed by atoms with Crippen LogP contribution in [0.15, 0.2) is 42.1 Å². The molecule has 2 aromatic rings. The highest BCUT2D eigenvalue weighted by atomic mass is 16.5. The normalized spacial score (nSPS) is 18.2. The molecule has 1 N–H and O–H groups in total. The molecule has 1 spiro atoms. The molecular weight excluding hydrogens is 468 g/mol. The first-order valence-electron chi connectivity index (χ1n) is 13.0. The lowest BCUT2D eigenvalue weighted by Crippen LogP contribution is -2.55. The fourth-order valence-electron chi connectivity index (χ4n) is 6.10. The molecule has 4 amide bonds. The van der Waals surface area contributed by atoms with Gasteiger partial charge in [0.05, 0.1) is 26.3 Å². The molecule has 3 aliphatic rings. The van der Waals surface area contributed by atoms with E-state index >= 15 is 0 Å². The Morgan fingerprint density at radius 3 is 2.51 bits per heavy atom. The number of amides is 4. The van der Waals surface area contributed by atoms with Crippen LogP contribution in [0.1, 0.15) is 42.0 Å². The van der Waals surface area contributed by atoms with Gasteiger partial charge in [-0.15, -0.1) is 0 Å². The standard InChI is InChI=1S/C29H36N4O4/c1-6-33-28(35)32-18-21-16-22(36-4)17-25(37-5)23(21)9-10-26(32)29(33)11-13-31(14-12-29)27(34)30-24-15-19(2)7-8-20(24)3/h7-8,10,15-17H,6,9,11-14,18H2,1-5H3,(H,30,34). The molecule has 0 aliphatic carbocycles. The molecule has 0 saturated carbocycles. The molecule has 5 rings (SSSR count). The van der Waals surface area contributed by atoms with E-state index < -0.39 is 5.54 Å². The van der Waals surface area contributed by atoms with Crippen molar-refractivity contribution in [3.8, 4) is 11.5 Å². The summed E-state index contributed by atoms with van der Waals surface area (Å²) in [5, 5.41) is 3.09. The number of rotatable bonds is 4. The van der Waals surface area contributed by atoms with Gasteiger partial charge >= 0.3 is 12.1 Å². The van der Waals surface area contributed by atoms with Gasteiger partial charge in [0.15, 0.2) is 0 Å². The number of ether oxygens (including phenoxy) is 2. The molecule has 2 fully saturated rings. The van der Waals surface area contributed by atoms with Crippen molar-refractivity contribution in [1.29, 1.82) is 0 Å². The lowest BCUT2D eigenvalue weighted by atomic mass is 9.83. The Kier molecular flexibility index (Phi) is 6.52. The summed E-state index contributed by atoms with van der Waals surface area (Å²) in [5.74, 6) is 1.50. The van der Waals surface area contributed by atoms with Crippen LogP contribution >= 0.6 is 0 Å². The minimum absolute atomic E-state index is 0.0247. The summed E-state index contributed by atoms with van der Waals surface area (Å²) in [4.78, 5) is 32.6. The predicted molar refractivity (Wildman–Crippen MR) is 143 cm³/mol. The summed E-state index contributed by atoms with van der Waals surface area (Å²) in [7, 11) is 3.30.